The lowest BCUT2D eigenvalue weighted by atomic mass is 10.0. The van der Waals surface area contributed by atoms with Gasteiger partial charge >= 0.3 is 11.9 Å². The van der Waals surface area contributed by atoms with E-state index < -0.39 is 36.5 Å². The average molecular weight is 488 g/mol. The van der Waals surface area contributed by atoms with Gasteiger partial charge in [0.1, 0.15) is 12.2 Å². The molecule has 1 fully saturated rings. The first-order valence-corrected chi connectivity index (χ1v) is 12.5. The Hall–Kier alpha value is -2.68. The summed E-state index contributed by atoms with van der Waals surface area (Å²) >= 11 is 0. The van der Waals surface area contributed by atoms with Crippen LogP contribution < -0.4 is 0 Å². The summed E-state index contributed by atoms with van der Waals surface area (Å²) in [6, 6.07) is 7.53. The number of fused-ring (bicyclic) bond motifs is 1. The van der Waals surface area contributed by atoms with Gasteiger partial charge in [-0.3, -0.25) is 0 Å². The van der Waals surface area contributed by atoms with Gasteiger partial charge in [-0.05, 0) is 39.2 Å². The van der Waals surface area contributed by atoms with Crippen LogP contribution in [0.2, 0.25) is 0 Å². The number of hydrogen-bond acceptors (Lipinski definition) is 6. The minimum absolute atomic E-state index is 0.0642. The minimum atomic E-state index is -0.901. The van der Waals surface area contributed by atoms with Crippen LogP contribution in [0.4, 0.5) is 0 Å². The number of aliphatic hydroxyl groups excluding tert-OH is 1. The van der Waals surface area contributed by atoms with Crippen molar-refractivity contribution in [3.63, 3.8) is 0 Å². The van der Waals surface area contributed by atoms with Crippen molar-refractivity contribution >= 4 is 22.8 Å². The number of unbranched alkanes of at least 4 members (excludes halogenated alkanes) is 5. The predicted molar refractivity (Wildman–Crippen MR) is 132 cm³/mol. The quantitative estimate of drug-likeness (QED) is 0.207. The van der Waals surface area contributed by atoms with E-state index in [1.54, 1.807) is 12.3 Å². The fraction of sp³-hybridized carbons (Fsp3) is 0.556. The number of aromatic nitrogens is 1. The summed E-state index contributed by atoms with van der Waals surface area (Å²) in [7, 11) is 0. The minimum Gasteiger partial charge on any atom is -0.478 e. The Morgan fingerprint density at radius 1 is 1.20 bits per heavy atom. The summed E-state index contributed by atoms with van der Waals surface area (Å²) in [5.74, 6) is -1.34. The number of benzene rings is 1. The maximum atomic E-state index is 12.7. The third-order valence-electron chi connectivity index (χ3n) is 6.34. The van der Waals surface area contributed by atoms with Crippen LogP contribution >= 0.6 is 0 Å². The van der Waals surface area contributed by atoms with Gasteiger partial charge in [-0.2, -0.15) is 0 Å². The number of H-pyrrole nitrogens is 1. The molecule has 35 heavy (non-hydrogen) atoms. The Kier molecular flexibility index (Phi) is 10.3. The molecule has 8 nitrogen and oxygen atoms in total. The molecule has 1 aliphatic heterocycles. The molecular formula is C27H37NO7. The number of aromatic amines is 1. The van der Waals surface area contributed by atoms with E-state index in [9.17, 15) is 14.7 Å². The molecule has 0 saturated carbocycles. The van der Waals surface area contributed by atoms with Gasteiger partial charge in [-0.25, -0.2) is 9.59 Å². The first-order chi connectivity index (χ1) is 16.8. The van der Waals surface area contributed by atoms with E-state index in [0.717, 1.165) is 55.8 Å². The normalized spacial score (nSPS) is 23.5. The van der Waals surface area contributed by atoms with Gasteiger partial charge in [0.25, 0.3) is 0 Å². The van der Waals surface area contributed by atoms with E-state index in [1.807, 2.05) is 38.1 Å². The second-order valence-corrected chi connectivity index (χ2v) is 9.24. The van der Waals surface area contributed by atoms with Crippen LogP contribution in [0.15, 0.2) is 42.6 Å². The van der Waals surface area contributed by atoms with Crippen LogP contribution in [0.1, 0.15) is 75.6 Å². The Labute approximate surface area is 206 Å². The Balaban J connectivity index is 1.35. The Morgan fingerprint density at radius 2 is 1.94 bits per heavy atom. The molecule has 5 unspecified atom stereocenters. The fourth-order valence-electron chi connectivity index (χ4n) is 4.34. The second kappa shape index (κ2) is 13.4. The van der Waals surface area contributed by atoms with Crippen molar-refractivity contribution in [2.75, 3.05) is 0 Å². The fourth-order valence-corrected chi connectivity index (χ4v) is 4.34. The molecule has 0 amide bonds. The maximum absolute atomic E-state index is 12.7. The topological polar surface area (TPSA) is 118 Å². The van der Waals surface area contributed by atoms with Crippen LogP contribution in [-0.4, -0.2) is 57.8 Å². The lowest BCUT2D eigenvalue weighted by Gasteiger charge is -2.38. The van der Waals surface area contributed by atoms with Gasteiger partial charge in [0, 0.05) is 29.6 Å². The number of aliphatic hydroxyl groups is 1. The SMILES string of the molecule is CC(CCCCCCCC=CC(=O)O)OC1OC(C)C(OC(=O)c2c[nH]c3ccccc23)CC1O. The van der Waals surface area contributed by atoms with Gasteiger partial charge < -0.3 is 29.4 Å². The molecular weight excluding hydrogens is 450 g/mol. The van der Waals surface area contributed by atoms with Crippen LogP contribution in [0.25, 0.3) is 10.9 Å². The van der Waals surface area contributed by atoms with Crippen LogP contribution in [0, 0.1) is 0 Å². The van der Waals surface area contributed by atoms with Crippen molar-refractivity contribution in [3.05, 3.63) is 48.2 Å². The van der Waals surface area contributed by atoms with E-state index in [4.69, 9.17) is 19.3 Å². The van der Waals surface area contributed by atoms with Crippen LogP contribution in [-0.2, 0) is 19.0 Å². The van der Waals surface area contributed by atoms with E-state index in [-0.39, 0.29) is 12.5 Å². The largest absolute Gasteiger partial charge is 0.478 e. The third kappa shape index (κ3) is 8.19. The number of para-hydroxylation sites is 1. The van der Waals surface area contributed by atoms with E-state index in [2.05, 4.69) is 4.98 Å². The van der Waals surface area contributed by atoms with Gasteiger partial charge in [0.05, 0.1) is 17.8 Å². The number of hydrogen-bond donors (Lipinski definition) is 3. The number of carbonyl (C=O) groups excluding carboxylic acids is 1. The standard InChI is InChI=1S/C27H37NO7/c1-18(12-8-6-4-3-5-7-9-15-25(30)31)33-27-23(29)16-24(19(2)34-27)35-26(32)21-17-28-22-14-11-10-13-20(21)22/h9-11,13-15,17-19,23-24,27-29H,3-8,12,16H2,1-2H3,(H,30,31). The molecule has 192 valence electrons. The number of allylic oxidation sites excluding steroid dienone is 1. The van der Waals surface area contributed by atoms with Crippen molar-refractivity contribution in [3.8, 4) is 0 Å². The van der Waals surface area contributed by atoms with Crippen molar-refractivity contribution < 1.29 is 34.0 Å². The van der Waals surface area contributed by atoms with E-state index in [0.29, 0.717) is 5.56 Å². The van der Waals surface area contributed by atoms with E-state index >= 15 is 0 Å². The summed E-state index contributed by atoms with van der Waals surface area (Å²) in [5, 5.41) is 19.9. The number of carboxylic acids is 1. The number of ether oxygens (including phenoxy) is 3. The molecule has 5 atom stereocenters. The van der Waals surface area contributed by atoms with Crippen molar-refractivity contribution in [2.45, 2.75) is 95.9 Å². The molecule has 3 N–H and O–H groups in total. The van der Waals surface area contributed by atoms with Crippen molar-refractivity contribution in [1.29, 1.82) is 0 Å². The lowest BCUT2D eigenvalue weighted by Crippen LogP contribution is -2.49. The van der Waals surface area contributed by atoms with Crippen molar-refractivity contribution in [2.24, 2.45) is 0 Å². The highest BCUT2D eigenvalue weighted by Crippen LogP contribution is 2.27. The average Bonchev–Trinajstić information content (AvgIpc) is 3.25. The highest BCUT2D eigenvalue weighted by molar-refractivity contribution is 6.04. The predicted octanol–water partition coefficient (Wildman–Crippen LogP) is 4.97. The zero-order valence-electron chi connectivity index (χ0n) is 20.5. The maximum Gasteiger partial charge on any atom is 0.340 e. The second-order valence-electron chi connectivity index (χ2n) is 9.24. The first kappa shape index (κ1) is 26.9. The number of carboxylic acid groups (broad SMARTS) is 1. The molecule has 0 radical (unpaired) electrons. The Bertz CT molecular complexity index is 985. The number of nitrogens with one attached hydrogen (secondary N) is 1. The zero-order valence-corrected chi connectivity index (χ0v) is 20.5. The van der Waals surface area contributed by atoms with Gasteiger partial charge in [-0.1, -0.05) is 50.0 Å². The zero-order chi connectivity index (χ0) is 25.2. The van der Waals surface area contributed by atoms with Gasteiger partial charge in [-0.15, -0.1) is 0 Å². The molecule has 1 aliphatic rings. The highest BCUT2D eigenvalue weighted by Gasteiger charge is 2.38. The summed E-state index contributed by atoms with van der Waals surface area (Å²) in [4.78, 5) is 26.2. The van der Waals surface area contributed by atoms with Crippen LogP contribution in [0.5, 0.6) is 0 Å². The molecule has 1 aromatic carbocycles. The molecule has 0 spiro atoms. The number of carbonyl (C=O) groups is 2. The first-order valence-electron chi connectivity index (χ1n) is 12.5. The molecule has 8 heteroatoms. The number of rotatable bonds is 13. The smallest absolute Gasteiger partial charge is 0.340 e. The van der Waals surface area contributed by atoms with Crippen molar-refractivity contribution in [1.82, 2.24) is 4.98 Å². The molecule has 0 aliphatic carbocycles. The van der Waals surface area contributed by atoms with Gasteiger partial charge in [0.15, 0.2) is 6.29 Å². The molecule has 2 heterocycles. The highest BCUT2D eigenvalue weighted by atomic mass is 16.7. The Morgan fingerprint density at radius 3 is 2.74 bits per heavy atom. The number of esters is 1. The third-order valence-corrected chi connectivity index (χ3v) is 6.34. The van der Waals surface area contributed by atoms with Gasteiger partial charge in [0.2, 0.25) is 0 Å². The molecule has 3 rings (SSSR count). The summed E-state index contributed by atoms with van der Waals surface area (Å²) in [6.45, 7) is 3.80. The summed E-state index contributed by atoms with van der Waals surface area (Å²) < 4.78 is 17.5. The molecule has 0 bridgehead atoms. The summed E-state index contributed by atoms with van der Waals surface area (Å²) in [6.07, 6.45) is 9.01. The molecule has 2 aromatic rings. The lowest BCUT2D eigenvalue weighted by molar-refractivity contribution is -0.273. The molecule has 1 aromatic heterocycles. The summed E-state index contributed by atoms with van der Waals surface area (Å²) in [5.41, 5.74) is 1.33. The van der Waals surface area contributed by atoms with Crippen LogP contribution in [0.3, 0.4) is 0 Å². The van der Waals surface area contributed by atoms with E-state index in [1.165, 1.54) is 6.08 Å². The monoisotopic (exact) mass is 487 g/mol. The number of aliphatic carboxylic acids is 1. The molecule has 1 saturated heterocycles.